The highest BCUT2D eigenvalue weighted by atomic mass is 16.5. The Morgan fingerprint density at radius 1 is 1.06 bits per heavy atom. The molecule has 2 aromatic rings. The van der Waals surface area contributed by atoms with E-state index >= 15 is 0 Å². The summed E-state index contributed by atoms with van der Waals surface area (Å²) in [5, 5.41) is 2.67. The van der Waals surface area contributed by atoms with Gasteiger partial charge >= 0.3 is 5.97 Å². The maximum Gasteiger partial charge on any atom is 0.338 e. The first-order chi connectivity index (χ1) is 16.9. The van der Waals surface area contributed by atoms with E-state index in [-0.39, 0.29) is 41.0 Å². The number of fused-ring (bicyclic) bond motifs is 5. The summed E-state index contributed by atoms with van der Waals surface area (Å²) < 4.78 is 10.7. The predicted octanol–water partition coefficient (Wildman–Crippen LogP) is 3.58. The van der Waals surface area contributed by atoms with E-state index in [4.69, 9.17) is 9.47 Å². The second-order valence-electron chi connectivity index (χ2n) is 9.08. The highest BCUT2D eigenvalue weighted by molar-refractivity contribution is 6.23. The van der Waals surface area contributed by atoms with Gasteiger partial charge in [-0.25, -0.2) is 9.69 Å². The van der Waals surface area contributed by atoms with Gasteiger partial charge in [0, 0.05) is 0 Å². The Labute approximate surface area is 202 Å². The van der Waals surface area contributed by atoms with Crippen LogP contribution < -0.4 is 15.0 Å². The van der Waals surface area contributed by atoms with Gasteiger partial charge in [-0.05, 0) is 62.4 Å². The summed E-state index contributed by atoms with van der Waals surface area (Å²) in [6.07, 6.45) is 2.97. The lowest BCUT2D eigenvalue weighted by Gasteiger charge is -2.19. The van der Waals surface area contributed by atoms with Crippen molar-refractivity contribution in [3.63, 3.8) is 0 Å². The Morgan fingerprint density at radius 2 is 1.83 bits per heavy atom. The van der Waals surface area contributed by atoms with Crippen molar-refractivity contribution in [3.05, 3.63) is 65.7 Å². The van der Waals surface area contributed by atoms with Crippen molar-refractivity contribution in [2.24, 2.45) is 23.7 Å². The van der Waals surface area contributed by atoms with Gasteiger partial charge in [0.2, 0.25) is 11.8 Å². The molecule has 0 aromatic heterocycles. The van der Waals surface area contributed by atoms with E-state index in [2.05, 4.69) is 11.4 Å². The Kier molecular flexibility index (Phi) is 5.88. The van der Waals surface area contributed by atoms with Gasteiger partial charge in [0.25, 0.3) is 5.91 Å². The Bertz CT molecular complexity index is 1250. The fourth-order valence-electron chi connectivity index (χ4n) is 5.55. The number of anilines is 2. The number of para-hydroxylation sites is 2. The number of hydrogen-bond donors (Lipinski definition) is 1. The lowest BCUT2D eigenvalue weighted by molar-refractivity contribution is -0.123. The van der Waals surface area contributed by atoms with Crippen LogP contribution in [0, 0.1) is 23.7 Å². The van der Waals surface area contributed by atoms with E-state index in [1.165, 1.54) is 22.6 Å². The zero-order valence-electron chi connectivity index (χ0n) is 19.5. The molecule has 2 fully saturated rings. The Hall–Kier alpha value is -3.94. The number of allylic oxidation sites excluding steroid dienone is 2. The molecule has 8 nitrogen and oxygen atoms in total. The minimum absolute atomic E-state index is 0.103. The Balaban J connectivity index is 1.24. The molecule has 2 aromatic carbocycles. The average Bonchev–Trinajstić information content (AvgIpc) is 3.49. The number of carbonyl (C=O) groups is 4. The molecular formula is C27H26N2O6. The monoisotopic (exact) mass is 474 g/mol. The zero-order chi connectivity index (χ0) is 24.7. The summed E-state index contributed by atoms with van der Waals surface area (Å²) in [6.45, 7) is 3.80. The first-order valence-corrected chi connectivity index (χ1v) is 11.7. The fraction of sp³-hybridized carbons (Fsp3) is 0.333. The summed E-state index contributed by atoms with van der Waals surface area (Å²) >= 11 is 0. The second kappa shape index (κ2) is 9.02. The average molecular weight is 475 g/mol. The number of imide groups is 1. The molecule has 0 spiro atoms. The number of hydrogen-bond acceptors (Lipinski definition) is 6. The van der Waals surface area contributed by atoms with Gasteiger partial charge in [-0.15, -0.1) is 0 Å². The number of benzene rings is 2. The molecule has 3 aliphatic rings. The van der Waals surface area contributed by atoms with Crippen LogP contribution in [0.1, 0.15) is 30.6 Å². The zero-order valence-corrected chi connectivity index (χ0v) is 19.5. The minimum Gasteiger partial charge on any atom is -0.492 e. The fourth-order valence-corrected chi connectivity index (χ4v) is 5.55. The molecule has 180 valence electrons. The second-order valence-corrected chi connectivity index (χ2v) is 9.08. The molecule has 2 aliphatic carbocycles. The number of nitrogens with one attached hydrogen (secondary N) is 1. The third kappa shape index (κ3) is 3.99. The summed E-state index contributed by atoms with van der Waals surface area (Å²) in [5.74, 6) is -1.57. The van der Waals surface area contributed by atoms with Crippen LogP contribution in [0.3, 0.4) is 0 Å². The third-order valence-electron chi connectivity index (χ3n) is 7.02. The first-order valence-electron chi connectivity index (χ1n) is 11.7. The minimum atomic E-state index is -0.725. The van der Waals surface area contributed by atoms with Gasteiger partial charge in [0.15, 0.2) is 6.61 Å². The molecule has 35 heavy (non-hydrogen) atoms. The molecule has 5 rings (SSSR count). The van der Waals surface area contributed by atoms with Crippen molar-refractivity contribution in [1.82, 2.24) is 0 Å². The first kappa shape index (κ1) is 22.8. The van der Waals surface area contributed by atoms with Gasteiger partial charge in [0.05, 0.1) is 35.4 Å². The number of nitrogens with zero attached hydrogens (tertiary/aromatic N) is 1. The summed E-state index contributed by atoms with van der Waals surface area (Å²) in [6, 6.07) is 13.2. The van der Waals surface area contributed by atoms with Crippen molar-refractivity contribution >= 4 is 35.1 Å². The predicted molar refractivity (Wildman–Crippen MR) is 128 cm³/mol. The number of amides is 3. The topological polar surface area (TPSA) is 102 Å². The Morgan fingerprint density at radius 3 is 2.63 bits per heavy atom. The number of carbonyl (C=O) groups excluding carboxylic acids is 4. The van der Waals surface area contributed by atoms with E-state index in [1.807, 2.05) is 13.8 Å². The molecule has 4 atom stereocenters. The number of ether oxygens (including phenoxy) is 2. The maximum absolute atomic E-state index is 13.2. The van der Waals surface area contributed by atoms with Crippen LogP contribution in [0.5, 0.6) is 5.75 Å². The molecule has 1 heterocycles. The van der Waals surface area contributed by atoms with Gasteiger partial charge < -0.3 is 14.8 Å². The van der Waals surface area contributed by atoms with Crippen LogP contribution in [-0.4, -0.2) is 36.9 Å². The highest BCUT2D eigenvalue weighted by Crippen LogP contribution is 2.55. The lowest BCUT2D eigenvalue weighted by atomic mass is 9.82. The molecule has 3 amide bonds. The van der Waals surface area contributed by atoms with E-state index in [0.717, 1.165) is 6.42 Å². The molecule has 2 bridgehead atoms. The van der Waals surface area contributed by atoms with Crippen molar-refractivity contribution in [1.29, 1.82) is 0 Å². The lowest BCUT2D eigenvalue weighted by Crippen LogP contribution is -2.33. The van der Waals surface area contributed by atoms with E-state index in [0.29, 0.717) is 23.7 Å². The van der Waals surface area contributed by atoms with Crippen LogP contribution in [0.15, 0.2) is 60.2 Å². The van der Waals surface area contributed by atoms with Crippen LogP contribution in [0.4, 0.5) is 11.4 Å². The molecule has 8 heteroatoms. The highest BCUT2D eigenvalue weighted by Gasteiger charge is 2.60. The van der Waals surface area contributed by atoms with Crippen LogP contribution in [-0.2, 0) is 19.1 Å². The van der Waals surface area contributed by atoms with Crippen molar-refractivity contribution in [3.8, 4) is 5.75 Å². The molecule has 1 saturated carbocycles. The van der Waals surface area contributed by atoms with E-state index in [9.17, 15) is 19.2 Å². The molecular weight excluding hydrogens is 448 g/mol. The maximum atomic E-state index is 13.2. The van der Waals surface area contributed by atoms with Crippen LogP contribution in [0.2, 0.25) is 0 Å². The van der Waals surface area contributed by atoms with Crippen LogP contribution in [0.25, 0.3) is 0 Å². The van der Waals surface area contributed by atoms with Crippen LogP contribution >= 0.6 is 0 Å². The number of esters is 1. The SMILES string of the molecule is CCOc1ccccc1NC(=O)COC(=O)c1cccc(N2C(=O)[C@@H]3[C@@H](C2=O)[C@H]2C=C(C)[C@H]3C2)c1. The van der Waals surface area contributed by atoms with Gasteiger partial charge in [-0.3, -0.25) is 14.4 Å². The normalized spacial score (nSPS) is 24.3. The van der Waals surface area contributed by atoms with Gasteiger partial charge in [-0.2, -0.15) is 0 Å². The molecule has 1 N–H and O–H groups in total. The summed E-state index contributed by atoms with van der Waals surface area (Å²) in [4.78, 5) is 52.5. The standard InChI is InChI=1S/C27H26N2O6/c1-3-34-21-10-5-4-9-20(21)28-22(30)14-35-27(33)16-7-6-8-18(12-16)29-25(31)23-17-11-15(2)19(13-17)24(23)26(29)32/h4-12,17,19,23-24H,3,13-14H2,1-2H3,(H,28,30)/t17-,19+,23-,24-/m0/s1. The van der Waals surface area contributed by atoms with Crippen molar-refractivity contribution in [2.75, 3.05) is 23.4 Å². The molecule has 0 radical (unpaired) electrons. The third-order valence-corrected chi connectivity index (χ3v) is 7.02. The smallest absolute Gasteiger partial charge is 0.338 e. The quantitative estimate of drug-likeness (QED) is 0.374. The van der Waals surface area contributed by atoms with E-state index in [1.54, 1.807) is 36.4 Å². The summed E-state index contributed by atoms with van der Waals surface area (Å²) in [5.41, 5.74) is 2.15. The molecule has 0 unspecified atom stereocenters. The van der Waals surface area contributed by atoms with Gasteiger partial charge in [-0.1, -0.05) is 29.8 Å². The largest absolute Gasteiger partial charge is 0.492 e. The van der Waals surface area contributed by atoms with Crippen molar-refractivity contribution < 1.29 is 28.7 Å². The van der Waals surface area contributed by atoms with Gasteiger partial charge in [0.1, 0.15) is 5.75 Å². The summed E-state index contributed by atoms with van der Waals surface area (Å²) in [7, 11) is 0. The van der Waals surface area contributed by atoms with E-state index < -0.39 is 18.5 Å². The van der Waals surface area contributed by atoms with Crippen molar-refractivity contribution in [2.45, 2.75) is 20.3 Å². The molecule has 1 saturated heterocycles. The molecule has 1 aliphatic heterocycles. The number of rotatable bonds is 7.